The summed E-state index contributed by atoms with van der Waals surface area (Å²) in [7, 11) is 0. The lowest BCUT2D eigenvalue weighted by Gasteiger charge is -2.33. The minimum absolute atomic E-state index is 0.0793. The lowest BCUT2D eigenvalue weighted by atomic mass is 10.0. The quantitative estimate of drug-likeness (QED) is 0.552. The second kappa shape index (κ2) is 7.87. The molecule has 0 saturated carbocycles. The monoisotopic (exact) mass is 255 g/mol. The van der Waals surface area contributed by atoms with Crippen LogP contribution >= 0.6 is 0 Å². The van der Waals surface area contributed by atoms with Gasteiger partial charge in [0.1, 0.15) is 6.04 Å². The highest BCUT2D eigenvalue weighted by atomic mass is 16.5. The molecule has 1 saturated heterocycles. The van der Waals surface area contributed by atoms with E-state index in [2.05, 4.69) is 6.58 Å². The van der Waals surface area contributed by atoms with E-state index in [1.165, 1.54) is 4.90 Å². The molecule has 1 rings (SSSR count). The number of aliphatic carboxylic acids is 1. The highest BCUT2D eigenvalue weighted by molar-refractivity contribution is 5.83. The maximum Gasteiger partial charge on any atom is 0.326 e. The van der Waals surface area contributed by atoms with Gasteiger partial charge in [-0.15, -0.1) is 6.58 Å². The first kappa shape index (κ1) is 14.7. The predicted octanol–water partition coefficient (Wildman–Crippen LogP) is 1.43. The average molecular weight is 255 g/mol. The molecule has 1 amide bonds. The Kier molecular flexibility index (Phi) is 6.43. The summed E-state index contributed by atoms with van der Waals surface area (Å²) in [6.45, 7) is 5.07. The van der Waals surface area contributed by atoms with Crippen LogP contribution in [0.3, 0.4) is 0 Å². The van der Waals surface area contributed by atoms with Gasteiger partial charge in [0.15, 0.2) is 0 Å². The Labute approximate surface area is 107 Å². The van der Waals surface area contributed by atoms with E-state index in [1.54, 1.807) is 6.08 Å². The van der Waals surface area contributed by atoms with Crippen molar-refractivity contribution in [3.63, 3.8) is 0 Å². The summed E-state index contributed by atoms with van der Waals surface area (Å²) in [6, 6.07) is -0.639. The minimum atomic E-state index is -0.897. The van der Waals surface area contributed by atoms with Crippen LogP contribution < -0.4 is 0 Å². The number of amides is 1. The summed E-state index contributed by atoms with van der Waals surface area (Å²) in [4.78, 5) is 24.5. The summed E-state index contributed by atoms with van der Waals surface area (Å²) in [6.07, 6.45) is 4.96. The van der Waals surface area contributed by atoms with Gasteiger partial charge in [-0.05, 0) is 25.7 Å². The predicted molar refractivity (Wildman–Crippen MR) is 67.2 cm³/mol. The molecule has 1 aliphatic rings. The minimum Gasteiger partial charge on any atom is -0.480 e. The van der Waals surface area contributed by atoms with Gasteiger partial charge in [-0.2, -0.15) is 0 Å². The lowest BCUT2D eigenvalue weighted by Crippen LogP contribution is -2.47. The third-order valence-electron chi connectivity index (χ3n) is 3.02. The molecule has 1 heterocycles. The van der Waals surface area contributed by atoms with Crippen molar-refractivity contribution in [1.29, 1.82) is 0 Å². The molecule has 1 aliphatic heterocycles. The van der Waals surface area contributed by atoms with Crippen LogP contribution in [0.2, 0.25) is 0 Å². The number of hydrogen-bond donors (Lipinski definition) is 1. The molecule has 0 radical (unpaired) electrons. The molecule has 0 aliphatic carbocycles. The first-order chi connectivity index (χ1) is 8.66. The molecule has 1 atom stereocenters. The van der Waals surface area contributed by atoms with E-state index in [4.69, 9.17) is 9.84 Å². The van der Waals surface area contributed by atoms with Crippen molar-refractivity contribution < 1.29 is 19.4 Å². The van der Waals surface area contributed by atoms with E-state index >= 15 is 0 Å². The summed E-state index contributed by atoms with van der Waals surface area (Å²) in [5.74, 6) is -0.977. The van der Waals surface area contributed by atoms with Gasteiger partial charge in [0.25, 0.3) is 0 Å². The fourth-order valence-corrected chi connectivity index (χ4v) is 2.12. The van der Waals surface area contributed by atoms with Crippen LogP contribution in [0.1, 0.15) is 32.1 Å². The van der Waals surface area contributed by atoms with Crippen molar-refractivity contribution in [2.75, 3.05) is 19.8 Å². The van der Waals surface area contributed by atoms with Crippen molar-refractivity contribution in [2.24, 2.45) is 0 Å². The molecule has 0 aromatic heterocycles. The summed E-state index contributed by atoms with van der Waals surface area (Å²) in [5.41, 5.74) is 0. The number of likely N-dealkylation sites (tertiary alicyclic amines) is 1. The van der Waals surface area contributed by atoms with Gasteiger partial charge in [-0.3, -0.25) is 4.79 Å². The second-order valence-electron chi connectivity index (χ2n) is 4.40. The molecule has 102 valence electrons. The zero-order valence-corrected chi connectivity index (χ0v) is 10.6. The summed E-state index contributed by atoms with van der Waals surface area (Å²) >= 11 is 0. The van der Waals surface area contributed by atoms with E-state index in [0.717, 1.165) is 12.8 Å². The summed E-state index contributed by atoms with van der Waals surface area (Å²) < 4.78 is 5.19. The van der Waals surface area contributed by atoms with Crippen LogP contribution in [0.5, 0.6) is 0 Å². The van der Waals surface area contributed by atoms with Crippen molar-refractivity contribution in [3.05, 3.63) is 12.7 Å². The number of ether oxygens (including phenoxy) is 1. The van der Waals surface area contributed by atoms with Crippen molar-refractivity contribution in [2.45, 2.75) is 38.1 Å². The average Bonchev–Trinajstić information content (AvgIpc) is 2.38. The molecule has 0 spiro atoms. The first-order valence-corrected chi connectivity index (χ1v) is 6.37. The van der Waals surface area contributed by atoms with Gasteiger partial charge in [-0.25, -0.2) is 4.79 Å². The van der Waals surface area contributed by atoms with Gasteiger partial charge in [0.05, 0.1) is 6.61 Å². The number of carbonyl (C=O) groups excluding carboxylic acids is 1. The van der Waals surface area contributed by atoms with E-state index in [9.17, 15) is 9.59 Å². The van der Waals surface area contributed by atoms with Crippen molar-refractivity contribution in [3.8, 4) is 0 Å². The Hall–Kier alpha value is -1.36. The van der Waals surface area contributed by atoms with E-state index in [1.807, 2.05) is 0 Å². The highest BCUT2D eigenvalue weighted by Crippen LogP contribution is 2.18. The van der Waals surface area contributed by atoms with Crippen LogP contribution in [0.15, 0.2) is 12.7 Å². The molecule has 1 unspecified atom stereocenters. The molecule has 1 N–H and O–H groups in total. The number of rotatable bonds is 7. The molecule has 5 nitrogen and oxygen atoms in total. The van der Waals surface area contributed by atoms with Gasteiger partial charge in [-0.1, -0.05) is 6.08 Å². The smallest absolute Gasteiger partial charge is 0.326 e. The molecule has 0 bridgehead atoms. The maximum absolute atomic E-state index is 11.9. The topological polar surface area (TPSA) is 66.8 Å². The van der Waals surface area contributed by atoms with Gasteiger partial charge in [0.2, 0.25) is 5.91 Å². The third kappa shape index (κ3) is 4.49. The Morgan fingerprint density at radius 2 is 2.22 bits per heavy atom. The molecular weight excluding hydrogens is 234 g/mol. The zero-order chi connectivity index (χ0) is 13.4. The van der Waals surface area contributed by atoms with Gasteiger partial charge < -0.3 is 14.7 Å². The number of carbonyl (C=O) groups is 2. The third-order valence-corrected chi connectivity index (χ3v) is 3.02. The lowest BCUT2D eigenvalue weighted by molar-refractivity contribution is -0.152. The largest absolute Gasteiger partial charge is 0.480 e. The Morgan fingerprint density at radius 1 is 1.44 bits per heavy atom. The van der Waals surface area contributed by atoms with Gasteiger partial charge in [0, 0.05) is 19.6 Å². The first-order valence-electron chi connectivity index (χ1n) is 6.37. The second-order valence-corrected chi connectivity index (χ2v) is 4.40. The Morgan fingerprint density at radius 3 is 2.89 bits per heavy atom. The maximum atomic E-state index is 11.9. The van der Waals surface area contributed by atoms with Crippen molar-refractivity contribution in [1.82, 2.24) is 4.90 Å². The Bertz CT molecular complexity index is 303. The van der Waals surface area contributed by atoms with Crippen LogP contribution in [-0.2, 0) is 14.3 Å². The van der Waals surface area contributed by atoms with E-state index in [-0.39, 0.29) is 5.91 Å². The number of carboxylic acid groups (broad SMARTS) is 1. The SMILES string of the molecule is C=CCOCCCC(=O)N1CCCCC1C(=O)O. The standard InChI is InChI=1S/C13H21NO4/c1-2-9-18-10-5-7-12(15)14-8-4-3-6-11(14)13(16)17/h2,11H,1,3-10H2,(H,16,17). The van der Waals surface area contributed by atoms with Crippen LogP contribution in [0.25, 0.3) is 0 Å². The fraction of sp³-hybridized carbons (Fsp3) is 0.692. The normalized spacial score (nSPS) is 19.6. The molecule has 0 aromatic carbocycles. The Balaban J connectivity index is 2.34. The molecule has 18 heavy (non-hydrogen) atoms. The van der Waals surface area contributed by atoms with Crippen LogP contribution in [0.4, 0.5) is 0 Å². The zero-order valence-electron chi connectivity index (χ0n) is 10.6. The number of nitrogens with zero attached hydrogens (tertiary/aromatic N) is 1. The van der Waals surface area contributed by atoms with Crippen molar-refractivity contribution >= 4 is 11.9 Å². The molecule has 0 aromatic rings. The van der Waals surface area contributed by atoms with Crippen LogP contribution in [0, 0.1) is 0 Å². The number of hydrogen-bond acceptors (Lipinski definition) is 3. The highest BCUT2D eigenvalue weighted by Gasteiger charge is 2.31. The molecular formula is C13H21NO4. The fourth-order valence-electron chi connectivity index (χ4n) is 2.12. The number of piperidine rings is 1. The van der Waals surface area contributed by atoms with Gasteiger partial charge >= 0.3 is 5.97 Å². The summed E-state index contributed by atoms with van der Waals surface area (Å²) in [5, 5.41) is 9.07. The molecule has 5 heteroatoms. The number of carboxylic acids is 1. The van der Waals surface area contributed by atoms with E-state index in [0.29, 0.717) is 39.0 Å². The molecule has 1 fully saturated rings. The van der Waals surface area contributed by atoms with E-state index < -0.39 is 12.0 Å². The van der Waals surface area contributed by atoms with Crippen LogP contribution in [-0.4, -0.2) is 47.7 Å².